The minimum absolute atomic E-state index is 0.102. The second kappa shape index (κ2) is 4.58. The van der Waals surface area contributed by atoms with Crippen molar-refractivity contribution in [1.29, 1.82) is 0 Å². The largest absolute Gasteiger partial charge is 0.449 e. The van der Waals surface area contributed by atoms with Crippen molar-refractivity contribution in [3.05, 3.63) is 39.6 Å². The van der Waals surface area contributed by atoms with Gasteiger partial charge in [-0.15, -0.1) is 0 Å². The van der Waals surface area contributed by atoms with Gasteiger partial charge in [0, 0.05) is 0 Å². The molecule has 0 amide bonds. The van der Waals surface area contributed by atoms with Gasteiger partial charge in [-0.1, -0.05) is 16.7 Å². The molecule has 5 nitrogen and oxygen atoms in total. The first-order valence-electron chi connectivity index (χ1n) is 4.80. The summed E-state index contributed by atoms with van der Waals surface area (Å²) in [5, 5.41) is 3.67. The smallest absolute Gasteiger partial charge is 0.444 e. The zero-order valence-corrected chi connectivity index (χ0v) is 9.57. The quantitative estimate of drug-likeness (QED) is 0.845. The van der Waals surface area contributed by atoms with Gasteiger partial charge >= 0.3 is 11.8 Å². The van der Waals surface area contributed by atoms with Gasteiger partial charge < -0.3 is 9.15 Å². The Morgan fingerprint density at radius 2 is 2.35 bits per heavy atom. The zero-order chi connectivity index (χ0) is 12.4. The molecule has 90 valence electrons. The Hall–Kier alpha value is -1.82. The summed E-state index contributed by atoms with van der Waals surface area (Å²) in [6, 6.07) is 3.77. The second-order valence-corrected chi connectivity index (χ2v) is 3.48. The molecule has 1 heterocycles. The summed E-state index contributed by atoms with van der Waals surface area (Å²) in [5.41, 5.74) is 0.302. The van der Waals surface area contributed by atoms with Gasteiger partial charge in [-0.2, -0.15) is 4.68 Å². The summed E-state index contributed by atoms with van der Waals surface area (Å²) in [6.45, 7) is 2.05. The van der Waals surface area contributed by atoms with E-state index >= 15 is 0 Å². The average Bonchev–Trinajstić information content (AvgIpc) is 2.64. The van der Waals surface area contributed by atoms with Crippen molar-refractivity contribution in [3.63, 3.8) is 0 Å². The average molecular weight is 259 g/mol. The highest BCUT2D eigenvalue weighted by molar-refractivity contribution is 6.30. The van der Waals surface area contributed by atoms with Crippen molar-refractivity contribution in [3.8, 4) is 11.8 Å². The van der Waals surface area contributed by atoms with Crippen LogP contribution < -0.4 is 10.5 Å². The van der Waals surface area contributed by atoms with Crippen molar-refractivity contribution in [1.82, 2.24) is 9.78 Å². The lowest BCUT2D eigenvalue weighted by atomic mass is 10.3. The topological polar surface area (TPSA) is 57.3 Å². The van der Waals surface area contributed by atoms with Gasteiger partial charge in [0.2, 0.25) is 0 Å². The predicted molar refractivity (Wildman–Crippen MR) is 58.2 cm³/mol. The van der Waals surface area contributed by atoms with Crippen LogP contribution in [0.3, 0.4) is 0 Å². The van der Waals surface area contributed by atoms with Crippen LogP contribution in [0.15, 0.2) is 27.4 Å². The molecule has 0 radical (unpaired) electrons. The molecule has 0 saturated heterocycles. The highest BCUT2D eigenvalue weighted by Crippen LogP contribution is 2.18. The molecule has 0 atom stereocenters. The highest BCUT2D eigenvalue weighted by Gasteiger charge is 2.11. The van der Waals surface area contributed by atoms with Gasteiger partial charge in [0.25, 0.3) is 0 Å². The Labute approximate surface area is 100 Å². The van der Waals surface area contributed by atoms with E-state index in [1.54, 1.807) is 6.92 Å². The molecule has 0 aliphatic heterocycles. The number of aromatic nitrogens is 2. The van der Waals surface area contributed by atoms with Crippen molar-refractivity contribution >= 4 is 11.6 Å². The number of ether oxygens (including phenoxy) is 1. The summed E-state index contributed by atoms with van der Waals surface area (Å²) >= 11 is 5.60. The Morgan fingerprint density at radius 3 is 3.00 bits per heavy atom. The van der Waals surface area contributed by atoms with Gasteiger partial charge in [-0.25, -0.2) is 9.18 Å². The Morgan fingerprint density at radius 1 is 1.59 bits per heavy atom. The lowest BCUT2D eigenvalue weighted by molar-refractivity contribution is 0.238. The lowest BCUT2D eigenvalue weighted by Gasteiger charge is -1.99. The van der Waals surface area contributed by atoms with Gasteiger partial charge in [0.15, 0.2) is 0 Å². The normalized spacial score (nSPS) is 10.5. The molecule has 0 N–H and O–H groups in total. The Bertz CT molecular complexity index is 593. The fourth-order valence-electron chi connectivity index (χ4n) is 1.22. The predicted octanol–water partition coefficient (Wildman–Crippen LogP) is 2.02. The van der Waals surface area contributed by atoms with Crippen LogP contribution in [0.1, 0.15) is 6.92 Å². The Kier molecular flexibility index (Phi) is 3.14. The van der Waals surface area contributed by atoms with Crippen LogP contribution in [-0.2, 0) is 0 Å². The standard InChI is InChI=1S/C10H8ClFN2O3/c1-2-16-9-13-14(10(15)17-9)6-3-4-8(12)7(11)5-6/h3-5H,2H2,1H3. The van der Waals surface area contributed by atoms with Crippen molar-refractivity contribution < 1.29 is 13.5 Å². The molecule has 2 rings (SSSR count). The number of hydrogen-bond acceptors (Lipinski definition) is 4. The summed E-state index contributed by atoms with van der Waals surface area (Å²) in [7, 11) is 0. The molecule has 0 bridgehead atoms. The fraction of sp³-hybridized carbons (Fsp3) is 0.200. The third-order valence-corrected chi connectivity index (χ3v) is 2.23. The first-order chi connectivity index (χ1) is 8.11. The maximum Gasteiger partial charge on any atom is 0.444 e. The third-order valence-electron chi connectivity index (χ3n) is 1.94. The maximum absolute atomic E-state index is 13.0. The molecule has 0 unspecified atom stereocenters. The summed E-state index contributed by atoms with van der Waals surface area (Å²) in [6.07, 6.45) is -0.141. The van der Waals surface area contributed by atoms with Crippen LogP contribution in [-0.4, -0.2) is 16.4 Å². The van der Waals surface area contributed by atoms with E-state index in [0.29, 0.717) is 12.3 Å². The molecule has 0 spiro atoms. The minimum Gasteiger partial charge on any atom is -0.449 e. The summed E-state index contributed by atoms with van der Waals surface area (Å²) in [4.78, 5) is 11.4. The molecule has 0 saturated carbocycles. The van der Waals surface area contributed by atoms with Crippen LogP contribution in [0.5, 0.6) is 6.08 Å². The summed E-state index contributed by atoms with van der Waals surface area (Å²) < 4.78 is 23.5. The van der Waals surface area contributed by atoms with Crippen molar-refractivity contribution in [2.75, 3.05) is 6.61 Å². The molecule has 1 aromatic heterocycles. The maximum atomic E-state index is 13.0. The SMILES string of the molecule is CCOc1nn(-c2ccc(F)c(Cl)c2)c(=O)o1. The number of nitrogens with zero attached hydrogens (tertiary/aromatic N) is 2. The molecule has 1 aromatic carbocycles. The van der Waals surface area contributed by atoms with E-state index in [-0.39, 0.29) is 11.1 Å². The molecule has 17 heavy (non-hydrogen) atoms. The number of hydrogen-bond donors (Lipinski definition) is 0. The first kappa shape index (κ1) is 11.7. The molecule has 0 fully saturated rings. The Balaban J connectivity index is 2.45. The van der Waals surface area contributed by atoms with Gasteiger partial charge in [-0.05, 0) is 25.1 Å². The molecule has 0 aliphatic carbocycles. The van der Waals surface area contributed by atoms with E-state index in [1.165, 1.54) is 12.1 Å². The molecule has 2 aromatic rings. The first-order valence-corrected chi connectivity index (χ1v) is 5.18. The minimum atomic E-state index is -0.726. The van der Waals surface area contributed by atoms with E-state index in [9.17, 15) is 9.18 Å². The van der Waals surface area contributed by atoms with Crippen LogP contribution in [0, 0.1) is 5.82 Å². The number of halogens is 2. The van der Waals surface area contributed by atoms with Crippen molar-refractivity contribution in [2.45, 2.75) is 6.92 Å². The number of benzene rings is 1. The van der Waals surface area contributed by atoms with Crippen LogP contribution in [0.2, 0.25) is 5.02 Å². The van der Waals surface area contributed by atoms with Gasteiger partial charge in [0.1, 0.15) is 5.82 Å². The van der Waals surface area contributed by atoms with E-state index in [0.717, 1.165) is 10.7 Å². The van der Waals surface area contributed by atoms with E-state index in [1.807, 2.05) is 0 Å². The zero-order valence-electron chi connectivity index (χ0n) is 8.81. The van der Waals surface area contributed by atoms with E-state index in [4.69, 9.17) is 20.8 Å². The van der Waals surface area contributed by atoms with E-state index in [2.05, 4.69) is 5.10 Å². The van der Waals surface area contributed by atoms with Crippen LogP contribution in [0.4, 0.5) is 4.39 Å². The third kappa shape index (κ3) is 2.31. The fourth-order valence-corrected chi connectivity index (χ4v) is 1.40. The van der Waals surface area contributed by atoms with Crippen molar-refractivity contribution in [2.24, 2.45) is 0 Å². The molecule has 7 heteroatoms. The monoisotopic (exact) mass is 258 g/mol. The second-order valence-electron chi connectivity index (χ2n) is 3.08. The number of rotatable bonds is 3. The van der Waals surface area contributed by atoms with Crippen LogP contribution in [0.25, 0.3) is 5.69 Å². The van der Waals surface area contributed by atoms with Gasteiger partial charge in [-0.3, -0.25) is 0 Å². The van der Waals surface area contributed by atoms with E-state index < -0.39 is 11.6 Å². The molecular weight excluding hydrogens is 251 g/mol. The molecular formula is C10H8ClFN2O3. The highest BCUT2D eigenvalue weighted by atomic mass is 35.5. The molecule has 0 aliphatic rings. The summed E-state index contributed by atoms with van der Waals surface area (Å²) in [5.74, 6) is -1.30. The van der Waals surface area contributed by atoms with Crippen LogP contribution >= 0.6 is 11.6 Å². The lowest BCUT2D eigenvalue weighted by Crippen LogP contribution is -2.13. The van der Waals surface area contributed by atoms with Gasteiger partial charge in [0.05, 0.1) is 17.3 Å².